The molecule has 3 nitrogen and oxygen atoms in total. The van der Waals surface area contributed by atoms with Gasteiger partial charge in [0.25, 0.3) is 5.91 Å². The molecular formula is C7H15NO2S. The van der Waals surface area contributed by atoms with E-state index in [9.17, 15) is 9.00 Å². The van der Waals surface area contributed by atoms with Crippen molar-refractivity contribution in [1.82, 2.24) is 0 Å². The lowest BCUT2D eigenvalue weighted by atomic mass is 10.3. The maximum atomic E-state index is 11.4. The van der Waals surface area contributed by atoms with Crippen LogP contribution < -0.4 is 0 Å². The third-order valence-corrected chi connectivity index (χ3v) is 2.89. The number of hydrogen-bond donors (Lipinski definition) is 0. The highest BCUT2D eigenvalue weighted by atomic mass is 32.2. The third kappa shape index (κ3) is 6.04. The van der Waals surface area contributed by atoms with Crippen LogP contribution in [0.4, 0.5) is 0 Å². The number of carbonyl (C=O) groups is 1. The van der Waals surface area contributed by atoms with Gasteiger partial charge in [0, 0.05) is 18.9 Å². The summed E-state index contributed by atoms with van der Waals surface area (Å²) in [7, 11) is -2.25. The van der Waals surface area contributed by atoms with Crippen molar-refractivity contribution in [3.05, 3.63) is 0 Å². The van der Waals surface area contributed by atoms with Gasteiger partial charge in [-0.3, -0.25) is 4.79 Å². The van der Waals surface area contributed by atoms with Gasteiger partial charge < -0.3 is 0 Å². The normalized spacial score (nSPS) is 16.1. The molecule has 0 aliphatic heterocycles. The number of hydrogen-bond acceptors (Lipinski definition) is 2. The molecule has 0 aromatic carbocycles. The van der Waals surface area contributed by atoms with Crippen LogP contribution in [-0.4, -0.2) is 22.1 Å². The van der Waals surface area contributed by atoms with Gasteiger partial charge in [0.15, 0.2) is 0 Å². The lowest BCUT2D eigenvalue weighted by Crippen LogP contribution is -2.10. The van der Waals surface area contributed by atoms with E-state index >= 15 is 0 Å². The average Bonchev–Trinajstić information content (AvgIpc) is 1.53. The number of carbonyl (C=O) groups excluding carboxylic acids is 1. The van der Waals surface area contributed by atoms with Gasteiger partial charge in [-0.2, -0.15) is 4.36 Å². The van der Waals surface area contributed by atoms with Crippen molar-refractivity contribution in [3.63, 3.8) is 0 Å². The van der Waals surface area contributed by atoms with Crippen LogP contribution in [0, 0.1) is 5.92 Å². The van der Waals surface area contributed by atoms with Crippen molar-refractivity contribution in [2.75, 3.05) is 12.0 Å². The van der Waals surface area contributed by atoms with Crippen molar-refractivity contribution in [1.29, 1.82) is 0 Å². The Kier molecular flexibility index (Phi) is 3.72. The van der Waals surface area contributed by atoms with Crippen LogP contribution in [0.15, 0.2) is 4.36 Å². The molecule has 0 heterocycles. The van der Waals surface area contributed by atoms with Crippen LogP contribution in [0.3, 0.4) is 0 Å². The summed E-state index contributed by atoms with van der Waals surface area (Å²) in [6.07, 6.45) is 1.52. The van der Waals surface area contributed by atoms with Gasteiger partial charge in [-0.05, 0) is 5.92 Å². The molecule has 0 aromatic heterocycles. The molecule has 0 aliphatic carbocycles. The first-order chi connectivity index (χ1) is 4.83. The van der Waals surface area contributed by atoms with E-state index in [0.29, 0.717) is 11.7 Å². The molecule has 11 heavy (non-hydrogen) atoms. The van der Waals surface area contributed by atoms with Gasteiger partial charge >= 0.3 is 0 Å². The molecule has 0 aliphatic rings. The minimum Gasteiger partial charge on any atom is -0.272 e. The molecule has 4 heteroatoms. The summed E-state index contributed by atoms with van der Waals surface area (Å²) in [5.74, 6) is 0.459. The van der Waals surface area contributed by atoms with Crippen molar-refractivity contribution >= 4 is 15.6 Å². The first kappa shape index (κ1) is 10.6. The maximum Gasteiger partial charge on any atom is 0.250 e. The molecule has 1 unspecified atom stereocenters. The van der Waals surface area contributed by atoms with Gasteiger partial charge in [-0.15, -0.1) is 0 Å². The van der Waals surface area contributed by atoms with E-state index in [1.165, 1.54) is 13.2 Å². The zero-order valence-electron chi connectivity index (χ0n) is 7.46. The van der Waals surface area contributed by atoms with E-state index in [1.54, 1.807) is 0 Å². The van der Waals surface area contributed by atoms with E-state index in [2.05, 4.69) is 4.36 Å². The highest BCUT2D eigenvalue weighted by Gasteiger charge is 2.05. The van der Waals surface area contributed by atoms with E-state index in [4.69, 9.17) is 0 Å². The van der Waals surface area contributed by atoms with Gasteiger partial charge in [0.2, 0.25) is 0 Å². The highest BCUT2D eigenvalue weighted by Crippen LogP contribution is 2.00. The average molecular weight is 177 g/mol. The topological polar surface area (TPSA) is 46.5 Å². The first-order valence-corrected chi connectivity index (χ1v) is 5.63. The zero-order chi connectivity index (χ0) is 9.07. The lowest BCUT2D eigenvalue weighted by Gasteiger charge is -2.04. The molecule has 1 atom stereocenters. The van der Waals surface area contributed by atoms with E-state index in [1.807, 2.05) is 13.8 Å². The molecule has 1 amide bonds. The Balaban J connectivity index is 4.47. The Bertz CT molecular complexity index is 249. The molecule has 0 bridgehead atoms. The molecule has 0 aromatic rings. The Labute approximate surface area is 68.4 Å². The summed E-state index contributed by atoms with van der Waals surface area (Å²) in [6.45, 7) is 5.24. The van der Waals surface area contributed by atoms with Crippen LogP contribution in [0.2, 0.25) is 0 Å². The van der Waals surface area contributed by atoms with E-state index in [0.717, 1.165) is 0 Å². The molecular weight excluding hydrogens is 162 g/mol. The predicted molar refractivity (Wildman–Crippen MR) is 46.9 cm³/mol. The number of amides is 1. The van der Waals surface area contributed by atoms with Gasteiger partial charge in [-0.1, -0.05) is 13.8 Å². The minimum atomic E-state index is -2.25. The summed E-state index contributed by atoms with van der Waals surface area (Å²) in [4.78, 5) is 10.5. The maximum absolute atomic E-state index is 11.4. The predicted octanol–water partition coefficient (Wildman–Crippen LogP) is 1.29. The smallest absolute Gasteiger partial charge is 0.250 e. The summed E-state index contributed by atoms with van der Waals surface area (Å²) < 4.78 is 15.0. The molecule has 0 N–H and O–H groups in total. The fraction of sp³-hybridized carbons (Fsp3) is 0.857. The van der Waals surface area contributed by atoms with Crippen LogP contribution >= 0.6 is 0 Å². The molecule has 0 fully saturated rings. The zero-order valence-corrected chi connectivity index (χ0v) is 8.27. The summed E-state index contributed by atoms with van der Waals surface area (Å²) >= 11 is 0. The second-order valence-electron chi connectivity index (χ2n) is 3.13. The van der Waals surface area contributed by atoms with Crippen LogP contribution in [0.1, 0.15) is 20.8 Å². The molecule has 0 saturated heterocycles. The van der Waals surface area contributed by atoms with Crippen LogP contribution in [0.25, 0.3) is 0 Å². The fourth-order valence-corrected chi connectivity index (χ4v) is 2.78. The molecule has 66 valence electrons. The van der Waals surface area contributed by atoms with Crippen molar-refractivity contribution in [2.45, 2.75) is 20.8 Å². The molecule has 0 rings (SSSR count). The van der Waals surface area contributed by atoms with Crippen LogP contribution in [-0.2, 0) is 14.5 Å². The van der Waals surface area contributed by atoms with Crippen molar-refractivity contribution in [3.8, 4) is 0 Å². The monoisotopic (exact) mass is 177 g/mol. The minimum absolute atomic E-state index is 0.315. The van der Waals surface area contributed by atoms with Gasteiger partial charge in [-0.25, -0.2) is 4.21 Å². The quantitative estimate of drug-likeness (QED) is 0.638. The van der Waals surface area contributed by atoms with Crippen molar-refractivity contribution < 1.29 is 9.00 Å². The Hall–Kier alpha value is -0.380. The van der Waals surface area contributed by atoms with E-state index < -0.39 is 9.73 Å². The molecule has 0 radical (unpaired) electrons. The number of nitrogens with zero attached hydrogens (tertiary/aromatic N) is 1. The third-order valence-electron chi connectivity index (χ3n) is 0.964. The lowest BCUT2D eigenvalue weighted by molar-refractivity contribution is -0.115. The summed E-state index contributed by atoms with van der Waals surface area (Å²) in [5, 5.41) is 0. The van der Waals surface area contributed by atoms with Crippen molar-refractivity contribution in [2.24, 2.45) is 10.3 Å². The van der Waals surface area contributed by atoms with Crippen LogP contribution in [0.5, 0.6) is 0 Å². The summed E-state index contributed by atoms with van der Waals surface area (Å²) in [6, 6.07) is 0. The SMILES string of the molecule is CC(=O)N=S(C)(=O)CC(C)C. The number of rotatable bonds is 2. The highest BCUT2D eigenvalue weighted by molar-refractivity contribution is 7.93. The van der Waals surface area contributed by atoms with Gasteiger partial charge in [0.05, 0.1) is 9.73 Å². The fourth-order valence-electron chi connectivity index (χ4n) is 0.928. The second-order valence-corrected chi connectivity index (χ2v) is 5.56. The van der Waals surface area contributed by atoms with E-state index in [-0.39, 0.29) is 5.91 Å². The largest absolute Gasteiger partial charge is 0.272 e. The molecule has 0 spiro atoms. The second kappa shape index (κ2) is 3.85. The standard InChI is InChI=1S/C7H15NO2S/c1-6(2)5-11(4,10)8-7(3)9/h6H,5H2,1-4H3. The Morgan fingerprint density at radius 2 is 2.00 bits per heavy atom. The van der Waals surface area contributed by atoms with Gasteiger partial charge in [0.1, 0.15) is 0 Å². The Morgan fingerprint density at radius 1 is 1.55 bits per heavy atom. The molecule has 0 saturated carbocycles. The Morgan fingerprint density at radius 3 is 2.27 bits per heavy atom. The first-order valence-electron chi connectivity index (χ1n) is 3.54. The summed E-state index contributed by atoms with van der Waals surface area (Å²) in [5.41, 5.74) is 0.